The molecule has 5 nitrogen and oxygen atoms in total. The Morgan fingerprint density at radius 1 is 0.750 bits per heavy atom. The van der Waals surface area contributed by atoms with E-state index >= 15 is 0 Å². The number of ether oxygens (including phenoxy) is 1. The predicted octanol–water partition coefficient (Wildman–Crippen LogP) is 9.76. The summed E-state index contributed by atoms with van der Waals surface area (Å²) in [6.45, 7) is 1.97. The van der Waals surface area contributed by atoms with Gasteiger partial charge in [0.15, 0.2) is 0 Å². The molecule has 258 valence electrons. The molecule has 0 saturated carbocycles. The molecular formula is C45H29N4OPt2-3. The summed E-state index contributed by atoms with van der Waals surface area (Å²) in [6, 6.07) is 59.2. The third kappa shape index (κ3) is 9.28. The number of pyridine rings is 1. The Hall–Kier alpha value is -5.39. The van der Waals surface area contributed by atoms with Crippen molar-refractivity contribution in [1.29, 1.82) is 0 Å². The van der Waals surface area contributed by atoms with Gasteiger partial charge in [0, 0.05) is 39.2 Å². The second kappa shape index (κ2) is 18.2. The van der Waals surface area contributed by atoms with Crippen LogP contribution in [0, 0.1) is 49.5 Å². The maximum Gasteiger partial charge on any atom is 4.00 e. The summed E-state index contributed by atoms with van der Waals surface area (Å²) in [6.07, 6.45) is 15.8. The molecule has 0 fully saturated rings. The molecule has 0 spiro atoms. The Bertz CT molecular complexity index is 2270. The van der Waals surface area contributed by atoms with Crippen LogP contribution in [-0.4, -0.2) is 21.5 Å². The van der Waals surface area contributed by atoms with Crippen LogP contribution in [-0.2, 0) is 42.1 Å². The first-order valence-corrected chi connectivity index (χ1v) is 15.9. The number of aromatic nitrogens is 2. The van der Waals surface area contributed by atoms with Crippen molar-refractivity contribution in [1.82, 2.24) is 14.5 Å². The second-order valence-corrected chi connectivity index (χ2v) is 11.3. The Morgan fingerprint density at radius 2 is 1.48 bits per heavy atom. The van der Waals surface area contributed by atoms with Crippen LogP contribution in [0.1, 0.15) is 0 Å². The smallest absolute Gasteiger partial charge is 0.669 e. The number of hydrogen-bond donors (Lipinski definition) is 0. The van der Waals surface area contributed by atoms with E-state index in [1.807, 2.05) is 103 Å². The van der Waals surface area contributed by atoms with Crippen LogP contribution in [0.5, 0.6) is 11.5 Å². The summed E-state index contributed by atoms with van der Waals surface area (Å²) in [5.74, 6) is 1.14. The minimum Gasteiger partial charge on any atom is -0.669 e. The fourth-order valence-electron chi connectivity index (χ4n) is 5.38. The molecule has 0 radical (unpaired) electrons. The van der Waals surface area contributed by atoms with E-state index in [0.717, 1.165) is 39.1 Å². The molecule has 8 rings (SSSR count). The zero-order chi connectivity index (χ0) is 34.1. The van der Waals surface area contributed by atoms with E-state index in [-0.39, 0.29) is 42.1 Å². The van der Waals surface area contributed by atoms with Gasteiger partial charge in [0.1, 0.15) is 0 Å². The van der Waals surface area contributed by atoms with Crippen molar-refractivity contribution < 1.29 is 46.9 Å². The molecule has 1 aliphatic rings. The normalized spacial score (nSPS) is 11.4. The van der Waals surface area contributed by atoms with Gasteiger partial charge in [-0.25, -0.2) is 23.2 Å². The van der Waals surface area contributed by atoms with Crippen molar-refractivity contribution in [3.05, 3.63) is 196 Å². The zero-order valence-corrected chi connectivity index (χ0v) is 32.4. The summed E-state index contributed by atoms with van der Waals surface area (Å²) in [5, 5.41) is 0. The largest absolute Gasteiger partial charge is 4.00 e. The van der Waals surface area contributed by atoms with Crippen molar-refractivity contribution in [3.8, 4) is 62.2 Å². The van der Waals surface area contributed by atoms with E-state index in [9.17, 15) is 0 Å². The SMILES string of the molecule is CN1C=CN(c2[c-]c(Oc3[c-]c(-c4[c-]c(-c5[c-]cc(-c6ccccc6)cc5-c5ccccc5)ccn4)[c-]cc3)ccc2)[CH-]1.[C-]#Cn1cccc1.[Pt+4].[Pt]. The molecule has 0 N–H and O–H groups in total. The third-order valence-electron chi connectivity index (χ3n) is 7.80. The van der Waals surface area contributed by atoms with Crippen LogP contribution >= 0.6 is 0 Å². The van der Waals surface area contributed by atoms with Crippen molar-refractivity contribution >= 4 is 5.69 Å². The third-order valence-corrected chi connectivity index (χ3v) is 7.80. The Balaban J connectivity index is 0.000000523. The topological polar surface area (TPSA) is 33.5 Å². The molecule has 1 aliphatic heterocycles. The van der Waals surface area contributed by atoms with Crippen molar-refractivity contribution in [3.63, 3.8) is 0 Å². The molecule has 0 atom stereocenters. The average Bonchev–Trinajstić information content (AvgIpc) is 3.88. The molecule has 0 aliphatic carbocycles. The molecule has 0 saturated heterocycles. The number of hydrogen-bond acceptors (Lipinski definition) is 4. The van der Waals surface area contributed by atoms with Gasteiger partial charge in [-0.3, -0.25) is 12.1 Å². The summed E-state index contributed by atoms with van der Waals surface area (Å²) in [5.41, 5.74) is 8.45. The maximum absolute atomic E-state index is 6.57. The molecule has 3 heterocycles. The average molecular weight is 1030 g/mol. The van der Waals surface area contributed by atoms with Crippen LogP contribution < -0.4 is 9.64 Å². The first kappa shape index (κ1) is 37.9. The number of benzene rings is 5. The van der Waals surface area contributed by atoms with Gasteiger partial charge in [0.25, 0.3) is 0 Å². The summed E-state index contributed by atoms with van der Waals surface area (Å²) >= 11 is 0. The molecule has 5 aromatic carbocycles. The zero-order valence-electron chi connectivity index (χ0n) is 27.8. The molecule has 0 bridgehead atoms. The number of nitrogens with zero attached hydrogens (tertiary/aromatic N) is 4. The van der Waals surface area contributed by atoms with E-state index in [1.54, 1.807) is 23.2 Å². The summed E-state index contributed by atoms with van der Waals surface area (Å²) in [7, 11) is 1.98. The Morgan fingerprint density at radius 3 is 2.17 bits per heavy atom. The molecule has 7 aromatic rings. The fraction of sp³-hybridized carbons (Fsp3) is 0.0222. The standard InChI is InChI=1S/C39H25N3O.C6H4N.2Pt/c1-41-22-23-42(28-41)34-15-9-17-36(27-34)43-35-16-8-14-33(24-35)39-26-32(20-21-40-39)37-19-18-31(29-10-4-2-5-11-29)25-38(37)30-12-6-3-7-13-30;1-2-7-5-3-4-6-7;;/h2-13,15-18,20-23,25,28H,1H3;3-6H;;/q-6;-1;;+4. The van der Waals surface area contributed by atoms with E-state index in [4.69, 9.17) is 11.2 Å². The van der Waals surface area contributed by atoms with Gasteiger partial charge in [0.05, 0.1) is 0 Å². The van der Waals surface area contributed by atoms with Gasteiger partial charge in [-0.05, 0) is 37.8 Å². The van der Waals surface area contributed by atoms with Gasteiger partial charge in [0.2, 0.25) is 0 Å². The molecule has 0 unspecified atom stereocenters. The summed E-state index contributed by atoms with van der Waals surface area (Å²) in [4.78, 5) is 8.57. The molecule has 7 heteroatoms. The van der Waals surface area contributed by atoms with Gasteiger partial charge in [-0.1, -0.05) is 77.5 Å². The molecule has 0 amide bonds. The number of anilines is 1. The minimum absolute atomic E-state index is 0. The van der Waals surface area contributed by atoms with E-state index in [2.05, 4.69) is 96.0 Å². The van der Waals surface area contributed by atoms with Crippen molar-refractivity contribution in [2.75, 3.05) is 11.9 Å². The first-order chi connectivity index (χ1) is 24.6. The fourth-order valence-corrected chi connectivity index (χ4v) is 5.38. The van der Waals surface area contributed by atoms with E-state index in [0.29, 0.717) is 22.8 Å². The van der Waals surface area contributed by atoms with Crippen LogP contribution in [0.4, 0.5) is 5.69 Å². The quantitative estimate of drug-likeness (QED) is 0.118. The van der Waals surface area contributed by atoms with Gasteiger partial charge < -0.3 is 42.1 Å². The van der Waals surface area contributed by atoms with Crippen LogP contribution in [0.25, 0.3) is 44.6 Å². The predicted molar refractivity (Wildman–Crippen MR) is 197 cm³/mol. The van der Waals surface area contributed by atoms with Crippen LogP contribution in [0.15, 0.2) is 152 Å². The Kier molecular flexibility index (Phi) is 13.3. The summed E-state index contributed by atoms with van der Waals surface area (Å²) < 4.78 is 7.70. The van der Waals surface area contributed by atoms with Crippen molar-refractivity contribution in [2.45, 2.75) is 0 Å². The molecular weight excluding hydrogens is 1000 g/mol. The Labute approximate surface area is 334 Å². The van der Waals surface area contributed by atoms with Gasteiger partial charge in [-0.15, -0.1) is 47.1 Å². The minimum atomic E-state index is 0. The monoisotopic (exact) mass is 1030 g/mol. The molecule has 52 heavy (non-hydrogen) atoms. The van der Waals surface area contributed by atoms with Crippen LogP contribution in [0.2, 0.25) is 0 Å². The van der Waals surface area contributed by atoms with Gasteiger partial charge >= 0.3 is 21.1 Å². The van der Waals surface area contributed by atoms with E-state index in [1.165, 1.54) is 0 Å². The number of rotatable bonds is 7. The second-order valence-electron chi connectivity index (χ2n) is 11.3. The van der Waals surface area contributed by atoms with E-state index < -0.39 is 0 Å². The maximum atomic E-state index is 6.57. The van der Waals surface area contributed by atoms with Crippen molar-refractivity contribution in [2.24, 2.45) is 0 Å². The first-order valence-electron chi connectivity index (χ1n) is 15.9. The van der Waals surface area contributed by atoms with Gasteiger partial charge in [-0.2, -0.15) is 36.6 Å². The molecule has 2 aromatic heterocycles. The van der Waals surface area contributed by atoms with Crippen LogP contribution in [0.3, 0.4) is 0 Å².